The number of hydrogen-bond donors (Lipinski definition) is 0. The van der Waals surface area contributed by atoms with E-state index in [1.54, 1.807) is 0 Å². The summed E-state index contributed by atoms with van der Waals surface area (Å²) in [6, 6.07) is 0. The molecule has 25 valence electrons. The van der Waals surface area contributed by atoms with Crippen LogP contribution in [0.1, 0.15) is 13.3 Å². The Morgan fingerprint density at radius 1 is 1.75 bits per heavy atom. The van der Waals surface area contributed by atoms with Crippen LogP contribution in [-0.4, -0.2) is 6.16 Å². The summed E-state index contributed by atoms with van der Waals surface area (Å²) >= 11 is 0. The predicted molar refractivity (Wildman–Crippen MR) is 23.5 cm³/mol. The van der Waals surface area contributed by atoms with Crippen LogP contribution in [0.15, 0.2) is 0 Å². The van der Waals surface area contributed by atoms with E-state index in [9.17, 15) is 0 Å². The zero-order valence-corrected chi connectivity index (χ0v) is 3.91. The maximum atomic E-state index is 3.29. The molecule has 0 bridgehead atoms. The third kappa shape index (κ3) is 2.43. The van der Waals surface area contributed by atoms with Gasteiger partial charge in [0.05, 0.1) is 0 Å². The monoisotopic (exact) mass is 75.0 g/mol. The molecule has 0 aromatic rings. The molecule has 0 atom stereocenters. The van der Waals surface area contributed by atoms with Gasteiger partial charge in [-0.25, -0.2) is 0 Å². The van der Waals surface area contributed by atoms with Crippen LogP contribution < -0.4 is 0 Å². The van der Waals surface area contributed by atoms with Gasteiger partial charge in [-0.05, 0) is 6.16 Å². The molecule has 0 amide bonds. The Hall–Kier alpha value is 0.430. The lowest BCUT2D eigenvalue weighted by molar-refractivity contribution is 1.11. The molecule has 0 fully saturated rings. The van der Waals surface area contributed by atoms with Crippen molar-refractivity contribution >= 4 is 9.24 Å². The van der Waals surface area contributed by atoms with E-state index in [4.69, 9.17) is 0 Å². The van der Waals surface area contributed by atoms with Crippen molar-refractivity contribution in [3.05, 3.63) is 0 Å². The van der Waals surface area contributed by atoms with Gasteiger partial charge in [0, 0.05) is 0 Å². The Balaban J connectivity index is 1.97. The van der Waals surface area contributed by atoms with Crippen LogP contribution in [-0.2, 0) is 0 Å². The third-order valence-electron chi connectivity index (χ3n) is 0.250. The van der Waals surface area contributed by atoms with Crippen LogP contribution in [0.3, 0.4) is 0 Å². The van der Waals surface area contributed by atoms with E-state index in [-0.39, 0.29) is 0 Å². The highest BCUT2D eigenvalue weighted by atomic mass is 31.0. The zero-order valence-electron chi connectivity index (χ0n) is 2.91. The molecule has 0 spiro atoms. The first kappa shape index (κ1) is 4.43. The Bertz CT molecular complexity index is 5.25. The van der Waals surface area contributed by atoms with Crippen molar-refractivity contribution in [3.8, 4) is 0 Å². The minimum absolute atomic E-state index is 1.12. The van der Waals surface area contributed by atoms with Gasteiger partial charge in [-0.3, -0.25) is 0 Å². The maximum absolute atomic E-state index is 3.29. The molecule has 0 aromatic heterocycles. The van der Waals surface area contributed by atoms with Crippen molar-refractivity contribution in [3.63, 3.8) is 0 Å². The molecule has 0 heterocycles. The highest BCUT2D eigenvalue weighted by Crippen LogP contribution is 1.80. The van der Waals surface area contributed by atoms with Gasteiger partial charge in [0.1, 0.15) is 0 Å². The first-order valence-corrected chi connectivity index (χ1v) is 2.27. The standard InChI is InChI=1S/C3H8P/c1-2-3-4/h4H,2-3H2,1H3. The van der Waals surface area contributed by atoms with Crippen molar-refractivity contribution in [2.45, 2.75) is 13.3 Å². The summed E-state index contributed by atoms with van der Waals surface area (Å²) in [7, 11) is 3.29. The van der Waals surface area contributed by atoms with Gasteiger partial charge in [0.2, 0.25) is 0 Å². The van der Waals surface area contributed by atoms with Crippen LogP contribution in [0.5, 0.6) is 0 Å². The van der Waals surface area contributed by atoms with E-state index in [0.29, 0.717) is 0 Å². The van der Waals surface area contributed by atoms with Crippen molar-refractivity contribution in [2.24, 2.45) is 0 Å². The van der Waals surface area contributed by atoms with Gasteiger partial charge in [-0.1, -0.05) is 22.6 Å². The van der Waals surface area contributed by atoms with Gasteiger partial charge >= 0.3 is 0 Å². The molecule has 1 radical (unpaired) electrons. The van der Waals surface area contributed by atoms with Crippen molar-refractivity contribution < 1.29 is 0 Å². The lowest BCUT2D eigenvalue weighted by Crippen LogP contribution is -1.54. The second-order valence-corrected chi connectivity index (χ2v) is 1.25. The van der Waals surface area contributed by atoms with Crippen LogP contribution in [0.25, 0.3) is 0 Å². The molecular formula is C3H8P. The topological polar surface area (TPSA) is 0 Å². The Morgan fingerprint density at radius 2 is 2.00 bits per heavy atom. The highest BCUT2D eigenvalue weighted by Gasteiger charge is 1.57. The molecule has 4 heavy (non-hydrogen) atoms. The Labute approximate surface area is 29.8 Å². The Morgan fingerprint density at radius 3 is 2.00 bits per heavy atom. The molecular weight excluding hydrogens is 67.0 g/mol. The summed E-state index contributed by atoms with van der Waals surface area (Å²) in [5.74, 6) is 0. The van der Waals surface area contributed by atoms with E-state index in [1.807, 2.05) is 0 Å². The molecule has 0 N–H and O–H groups in total. The second-order valence-electron chi connectivity index (χ2n) is 0.750. The smallest absolute Gasteiger partial charge is 0.0319 e. The average Bonchev–Trinajstić information content (AvgIpc) is 1.37. The van der Waals surface area contributed by atoms with Crippen molar-refractivity contribution in [1.82, 2.24) is 0 Å². The average molecular weight is 75.1 g/mol. The molecule has 0 aliphatic rings. The highest BCUT2D eigenvalue weighted by molar-refractivity contribution is 7.16. The van der Waals surface area contributed by atoms with E-state index in [0.717, 1.165) is 6.16 Å². The van der Waals surface area contributed by atoms with Crippen LogP contribution in [0, 0.1) is 0 Å². The minimum Gasteiger partial charge on any atom is -0.0993 e. The summed E-state index contributed by atoms with van der Waals surface area (Å²) < 4.78 is 0. The predicted octanol–water partition coefficient (Wildman–Crippen LogP) is 1.54. The molecule has 0 rings (SSSR count). The molecule has 0 nitrogen and oxygen atoms in total. The van der Waals surface area contributed by atoms with E-state index in [2.05, 4.69) is 16.2 Å². The van der Waals surface area contributed by atoms with Gasteiger partial charge in [0.15, 0.2) is 0 Å². The number of rotatable bonds is 1. The van der Waals surface area contributed by atoms with Crippen LogP contribution in [0.2, 0.25) is 0 Å². The van der Waals surface area contributed by atoms with Crippen molar-refractivity contribution in [2.75, 3.05) is 6.16 Å². The third-order valence-corrected chi connectivity index (χ3v) is 0.750. The lowest BCUT2D eigenvalue weighted by atomic mass is 10.6. The minimum atomic E-state index is 1.12. The van der Waals surface area contributed by atoms with Crippen molar-refractivity contribution in [1.29, 1.82) is 0 Å². The Kier molecular flexibility index (Phi) is 3.80. The van der Waals surface area contributed by atoms with Gasteiger partial charge in [0.25, 0.3) is 0 Å². The fraction of sp³-hybridized carbons (Fsp3) is 1.00. The molecule has 0 unspecified atom stereocenters. The molecule has 0 aliphatic carbocycles. The molecule has 1 heteroatoms. The van der Waals surface area contributed by atoms with Crippen LogP contribution >= 0.6 is 9.24 Å². The van der Waals surface area contributed by atoms with Crippen LogP contribution in [0.4, 0.5) is 0 Å². The van der Waals surface area contributed by atoms with Gasteiger partial charge in [-0.2, -0.15) is 0 Å². The second kappa shape index (κ2) is 3.43. The first-order chi connectivity index (χ1) is 1.91. The largest absolute Gasteiger partial charge is 0.0993 e. The van der Waals surface area contributed by atoms with Gasteiger partial charge < -0.3 is 0 Å². The summed E-state index contributed by atoms with van der Waals surface area (Å²) in [5, 5.41) is 0. The molecule has 0 aliphatic heterocycles. The molecule has 0 aromatic carbocycles. The SMILES string of the molecule is CCC[PH]. The maximum Gasteiger partial charge on any atom is -0.0319 e. The lowest BCUT2D eigenvalue weighted by Gasteiger charge is -1.67. The zero-order chi connectivity index (χ0) is 3.41. The van der Waals surface area contributed by atoms with E-state index >= 15 is 0 Å². The first-order valence-electron chi connectivity index (χ1n) is 1.56. The fourth-order valence-electron chi connectivity index (χ4n) is 0. The van der Waals surface area contributed by atoms with E-state index < -0.39 is 0 Å². The van der Waals surface area contributed by atoms with Gasteiger partial charge in [-0.15, -0.1) is 0 Å². The molecule has 0 saturated carbocycles. The summed E-state index contributed by atoms with van der Waals surface area (Å²) in [5.41, 5.74) is 0. The summed E-state index contributed by atoms with van der Waals surface area (Å²) in [4.78, 5) is 0. The normalized spacial score (nSPS) is 7.50. The van der Waals surface area contributed by atoms with E-state index in [1.165, 1.54) is 6.42 Å². The molecule has 0 saturated heterocycles. The fourth-order valence-corrected chi connectivity index (χ4v) is 0. The number of hydrogen-bond acceptors (Lipinski definition) is 0. The quantitative estimate of drug-likeness (QED) is 0.415. The summed E-state index contributed by atoms with van der Waals surface area (Å²) in [6.45, 7) is 2.13. The summed E-state index contributed by atoms with van der Waals surface area (Å²) in [6.07, 6.45) is 2.36.